The molecule has 0 spiro atoms. The second kappa shape index (κ2) is 2.83. The van der Waals surface area contributed by atoms with E-state index in [0.29, 0.717) is 10.8 Å². The first-order chi connectivity index (χ1) is 7.39. The molecule has 4 fully saturated rings. The zero-order chi connectivity index (χ0) is 11.6. The normalized spacial score (nSPS) is 54.1. The standard InChI is InChI=1S/C14H22O2/c1-12-4-10-5-13(2,7-12)9-14(6-10,8-12)11(15)16-3/h10H,4-9H2,1-3H3. The van der Waals surface area contributed by atoms with E-state index in [1.807, 2.05) is 0 Å². The summed E-state index contributed by atoms with van der Waals surface area (Å²) >= 11 is 0. The molecule has 4 aliphatic carbocycles. The molecule has 2 heteroatoms. The molecule has 4 rings (SSSR count). The Morgan fingerprint density at radius 2 is 1.62 bits per heavy atom. The molecule has 0 radical (unpaired) electrons. The summed E-state index contributed by atoms with van der Waals surface area (Å²) in [5.74, 6) is 0.833. The molecule has 2 unspecified atom stereocenters. The van der Waals surface area contributed by atoms with E-state index >= 15 is 0 Å². The lowest BCUT2D eigenvalue weighted by molar-refractivity contribution is -0.188. The van der Waals surface area contributed by atoms with Crippen LogP contribution in [-0.2, 0) is 9.53 Å². The number of hydrogen-bond acceptors (Lipinski definition) is 2. The monoisotopic (exact) mass is 222 g/mol. The third-order valence-electron chi connectivity index (χ3n) is 5.24. The van der Waals surface area contributed by atoms with Gasteiger partial charge in [-0.1, -0.05) is 13.8 Å². The molecule has 0 saturated heterocycles. The summed E-state index contributed by atoms with van der Waals surface area (Å²) in [5, 5.41) is 0. The van der Waals surface area contributed by atoms with Crippen LogP contribution in [0.25, 0.3) is 0 Å². The van der Waals surface area contributed by atoms with Gasteiger partial charge in [0.05, 0.1) is 12.5 Å². The molecule has 0 aromatic heterocycles. The van der Waals surface area contributed by atoms with Crippen LogP contribution >= 0.6 is 0 Å². The third-order valence-corrected chi connectivity index (χ3v) is 5.24. The van der Waals surface area contributed by atoms with Crippen LogP contribution < -0.4 is 0 Å². The van der Waals surface area contributed by atoms with Gasteiger partial charge in [-0.05, 0) is 55.3 Å². The van der Waals surface area contributed by atoms with Crippen molar-refractivity contribution < 1.29 is 9.53 Å². The number of carbonyl (C=O) groups excluding carboxylic acids is 1. The minimum absolute atomic E-state index is 0.0639. The highest BCUT2D eigenvalue weighted by molar-refractivity contribution is 5.77. The van der Waals surface area contributed by atoms with E-state index in [0.717, 1.165) is 25.2 Å². The van der Waals surface area contributed by atoms with Crippen LogP contribution in [0.5, 0.6) is 0 Å². The summed E-state index contributed by atoms with van der Waals surface area (Å²) in [6, 6.07) is 0. The first kappa shape index (κ1) is 10.6. The van der Waals surface area contributed by atoms with Gasteiger partial charge in [-0.3, -0.25) is 4.79 Å². The molecule has 2 atom stereocenters. The van der Waals surface area contributed by atoms with Crippen LogP contribution in [0.1, 0.15) is 52.4 Å². The van der Waals surface area contributed by atoms with Gasteiger partial charge < -0.3 is 4.74 Å². The summed E-state index contributed by atoms with van der Waals surface area (Å²) in [5.41, 5.74) is 0.683. The van der Waals surface area contributed by atoms with Crippen molar-refractivity contribution in [2.24, 2.45) is 22.2 Å². The number of rotatable bonds is 1. The molecule has 0 aromatic rings. The van der Waals surface area contributed by atoms with Gasteiger partial charge in [0.15, 0.2) is 0 Å². The quantitative estimate of drug-likeness (QED) is 0.637. The van der Waals surface area contributed by atoms with E-state index in [-0.39, 0.29) is 11.4 Å². The summed E-state index contributed by atoms with van der Waals surface area (Å²) in [6.45, 7) is 4.76. The maximum atomic E-state index is 12.1. The summed E-state index contributed by atoms with van der Waals surface area (Å²) in [4.78, 5) is 12.1. The van der Waals surface area contributed by atoms with Gasteiger partial charge in [0, 0.05) is 0 Å². The van der Waals surface area contributed by atoms with Crippen LogP contribution in [-0.4, -0.2) is 13.1 Å². The highest BCUT2D eigenvalue weighted by Gasteiger charge is 2.63. The van der Waals surface area contributed by atoms with Crippen LogP contribution in [0.3, 0.4) is 0 Å². The van der Waals surface area contributed by atoms with Gasteiger partial charge in [-0.15, -0.1) is 0 Å². The van der Waals surface area contributed by atoms with Crippen LogP contribution in [0.2, 0.25) is 0 Å². The SMILES string of the molecule is COC(=O)C12CC3CC(C)(CC(C)(C3)C1)C2. The predicted molar refractivity (Wildman–Crippen MR) is 61.9 cm³/mol. The Kier molecular flexibility index (Phi) is 1.88. The second-order valence-electron chi connectivity index (χ2n) is 7.40. The molecule has 4 bridgehead atoms. The van der Waals surface area contributed by atoms with Crippen molar-refractivity contribution in [2.45, 2.75) is 52.4 Å². The van der Waals surface area contributed by atoms with Gasteiger partial charge in [-0.25, -0.2) is 0 Å². The van der Waals surface area contributed by atoms with Crippen LogP contribution in [0, 0.1) is 22.2 Å². The van der Waals surface area contributed by atoms with Crippen LogP contribution in [0.4, 0.5) is 0 Å². The fourth-order valence-electron chi connectivity index (χ4n) is 5.89. The maximum absolute atomic E-state index is 12.1. The average molecular weight is 222 g/mol. The molecule has 0 amide bonds. The van der Waals surface area contributed by atoms with E-state index in [4.69, 9.17) is 4.74 Å². The molecular formula is C14H22O2. The lowest BCUT2D eigenvalue weighted by atomic mass is 9.40. The van der Waals surface area contributed by atoms with Crippen molar-refractivity contribution in [3.05, 3.63) is 0 Å². The minimum atomic E-state index is -0.127. The van der Waals surface area contributed by atoms with Gasteiger partial charge in [0.25, 0.3) is 0 Å². The fraction of sp³-hybridized carbons (Fsp3) is 0.929. The lowest BCUT2D eigenvalue weighted by Gasteiger charge is -2.64. The molecule has 0 aliphatic heterocycles. The largest absolute Gasteiger partial charge is 0.469 e. The van der Waals surface area contributed by atoms with Crippen LogP contribution in [0.15, 0.2) is 0 Å². The molecular weight excluding hydrogens is 200 g/mol. The van der Waals surface area contributed by atoms with Gasteiger partial charge >= 0.3 is 5.97 Å². The van der Waals surface area contributed by atoms with Gasteiger partial charge in [0.1, 0.15) is 0 Å². The zero-order valence-electron chi connectivity index (χ0n) is 10.6. The zero-order valence-corrected chi connectivity index (χ0v) is 10.6. The van der Waals surface area contributed by atoms with Crippen molar-refractivity contribution in [3.8, 4) is 0 Å². The molecule has 90 valence electrons. The Balaban J connectivity index is 2.01. The highest BCUT2D eigenvalue weighted by atomic mass is 16.5. The van der Waals surface area contributed by atoms with E-state index in [9.17, 15) is 4.79 Å². The van der Waals surface area contributed by atoms with E-state index in [1.165, 1.54) is 19.3 Å². The topological polar surface area (TPSA) is 26.3 Å². The molecule has 4 saturated carbocycles. The fourth-order valence-corrected chi connectivity index (χ4v) is 5.89. The van der Waals surface area contributed by atoms with Gasteiger partial charge in [0.2, 0.25) is 0 Å². The van der Waals surface area contributed by atoms with Crippen molar-refractivity contribution in [1.82, 2.24) is 0 Å². The Morgan fingerprint density at radius 3 is 2.06 bits per heavy atom. The maximum Gasteiger partial charge on any atom is 0.311 e. The molecule has 2 nitrogen and oxygen atoms in total. The van der Waals surface area contributed by atoms with Crippen molar-refractivity contribution >= 4 is 5.97 Å². The van der Waals surface area contributed by atoms with Crippen molar-refractivity contribution in [2.75, 3.05) is 7.11 Å². The number of ether oxygens (including phenoxy) is 1. The van der Waals surface area contributed by atoms with E-state index < -0.39 is 0 Å². The molecule has 0 N–H and O–H groups in total. The molecule has 0 heterocycles. The molecule has 16 heavy (non-hydrogen) atoms. The second-order valence-corrected chi connectivity index (χ2v) is 7.40. The lowest BCUT2D eigenvalue weighted by Crippen LogP contribution is -2.57. The Bertz CT molecular complexity index is 329. The first-order valence-electron chi connectivity index (χ1n) is 6.47. The first-order valence-corrected chi connectivity index (χ1v) is 6.47. The Hall–Kier alpha value is -0.530. The molecule has 4 aliphatic rings. The Morgan fingerprint density at radius 1 is 1.06 bits per heavy atom. The number of esters is 1. The van der Waals surface area contributed by atoms with Crippen molar-refractivity contribution in [3.63, 3.8) is 0 Å². The number of carbonyl (C=O) groups is 1. The summed E-state index contributed by atoms with van der Waals surface area (Å²) in [6.07, 6.45) is 7.21. The third kappa shape index (κ3) is 1.28. The number of hydrogen-bond donors (Lipinski definition) is 0. The van der Waals surface area contributed by atoms with Crippen molar-refractivity contribution in [1.29, 1.82) is 0 Å². The van der Waals surface area contributed by atoms with E-state index in [1.54, 1.807) is 7.11 Å². The minimum Gasteiger partial charge on any atom is -0.469 e. The Labute approximate surface area is 97.7 Å². The molecule has 0 aromatic carbocycles. The summed E-state index contributed by atoms with van der Waals surface area (Å²) < 4.78 is 5.09. The predicted octanol–water partition coefficient (Wildman–Crippen LogP) is 3.16. The highest BCUT2D eigenvalue weighted by Crippen LogP contribution is 2.69. The van der Waals surface area contributed by atoms with Gasteiger partial charge in [-0.2, -0.15) is 0 Å². The van der Waals surface area contributed by atoms with E-state index in [2.05, 4.69) is 13.8 Å². The summed E-state index contributed by atoms with van der Waals surface area (Å²) in [7, 11) is 1.55. The number of methoxy groups -OCH3 is 1. The smallest absolute Gasteiger partial charge is 0.311 e. The average Bonchev–Trinajstić information content (AvgIpc) is 2.10.